The number of rotatable bonds is 7. The number of hydrogen-bond donors (Lipinski definition) is 1. The molecule has 0 radical (unpaired) electrons. The summed E-state index contributed by atoms with van der Waals surface area (Å²) in [4.78, 5) is 2.04. The van der Waals surface area contributed by atoms with Crippen LogP contribution in [0.5, 0.6) is 5.75 Å². The summed E-state index contributed by atoms with van der Waals surface area (Å²) >= 11 is 0. The van der Waals surface area contributed by atoms with Gasteiger partial charge in [-0.05, 0) is 36.9 Å². The van der Waals surface area contributed by atoms with Crippen LogP contribution >= 0.6 is 0 Å². The van der Waals surface area contributed by atoms with Crippen molar-refractivity contribution < 1.29 is 14.2 Å². The molecule has 2 aromatic rings. The molecule has 21 heavy (non-hydrogen) atoms. The molecule has 0 spiro atoms. The summed E-state index contributed by atoms with van der Waals surface area (Å²) in [5.74, 6) is 0.256. The summed E-state index contributed by atoms with van der Waals surface area (Å²) in [6.45, 7) is 1.47. The van der Waals surface area contributed by atoms with Gasteiger partial charge >= 0.3 is 0 Å². The van der Waals surface area contributed by atoms with Crippen LogP contribution in [0.1, 0.15) is 5.56 Å². The third-order valence-electron chi connectivity index (χ3n) is 3.07. The average Bonchev–Trinajstić information content (AvgIpc) is 2.47. The Morgan fingerprint density at radius 3 is 2.43 bits per heavy atom. The first-order chi connectivity index (χ1) is 10.1. The lowest BCUT2D eigenvalue weighted by molar-refractivity contribution is 0.0743. The van der Waals surface area contributed by atoms with Crippen LogP contribution in [-0.2, 0) is 6.54 Å². The summed E-state index contributed by atoms with van der Waals surface area (Å²) < 4.78 is 18.2. The molecule has 112 valence electrons. The maximum Gasteiger partial charge on any atom is 0.123 e. The van der Waals surface area contributed by atoms with E-state index in [0.29, 0.717) is 12.3 Å². The van der Waals surface area contributed by atoms with E-state index in [2.05, 4.69) is 12.1 Å². The van der Waals surface area contributed by atoms with E-state index in [0.717, 1.165) is 6.54 Å². The van der Waals surface area contributed by atoms with Gasteiger partial charge in [-0.3, -0.25) is 4.90 Å². The predicted molar refractivity (Wildman–Crippen MR) is 80.7 cm³/mol. The van der Waals surface area contributed by atoms with Gasteiger partial charge in [0, 0.05) is 13.1 Å². The molecule has 0 aliphatic heterocycles. The fourth-order valence-electron chi connectivity index (χ4n) is 2.10. The highest BCUT2D eigenvalue weighted by molar-refractivity contribution is 5.22. The molecular formula is C17H20FNO2. The van der Waals surface area contributed by atoms with E-state index in [9.17, 15) is 9.50 Å². The van der Waals surface area contributed by atoms with Gasteiger partial charge in [-0.25, -0.2) is 4.39 Å². The van der Waals surface area contributed by atoms with Crippen LogP contribution in [0.25, 0.3) is 0 Å². The van der Waals surface area contributed by atoms with Crippen molar-refractivity contribution in [3.63, 3.8) is 0 Å². The summed E-state index contributed by atoms with van der Waals surface area (Å²) in [7, 11) is 1.95. The van der Waals surface area contributed by atoms with Crippen LogP contribution in [0.3, 0.4) is 0 Å². The van der Waals surface area contributed by atoms with E-state index in [1.807, 2.05) is 30.1 Å². The van der Waals surface area contributed by atoms with E-state index in [1.165, 1.54) is 17.7 Å². The lowest BCUT2D eigenvalue weighted by Crippen LogP contribution is -2.32. The molecule has 4 heteroatoms. The van der Waals surface area contributed by atoms with E-state index >= 15 is 0 Å². The Kier molecular flexibility index (Phi) is 5.72. The Morgan fingerprint density at radius 2 is 1.76 bits per heavy atom. The number of hydrogen-bond acceptors (Lipinski definition) is 3. The number of nitrogens with zero attached hydrogens (tertiary/aromatic N) is 1. The molecule has 2 aromatic carbocycles. The first kappa shape index (κ1) is 15.5. The van der Waals surface area contributed by atoms with Gasteiger partial charge in [0.05, 0.1) is 0 Å². The molecule has 0 fully saturated rings. The zero-order valence-electron chi connectivity index (χ0n) is 12.1. The lowest BCUT2D eigenvalue weighted by atomic mass is 10.2. The molecule has 2 rings (SSSR count). The molecule has 3 nitrogen and oxygen atoms in total. The Morgan fingerprint density at radius 1 is 1.10 bits per heavy atom. The number of benzene rings is 2. The Labute approximate surface area is 124 Å². The fourth-order valence-corrected chi connectivity index (χ4v) is 2.10. The smallest absolute Gasteiger partial charge is 0.123 e. The number of likely N-dealkylation sites (N-methyl/N-ethyl adjacent to an activating group) is 1. The molecule has 0 aromatic heterocycles. The molecule has 0 bridgehead atoms. The van der Waals surface area contributed by atoms with E-state index in [1.54, 1.807) is 12.1 Å². The zero-order chi connectivity index (χ0) is 15.1. The third kappa shape index (κ3) is 5.53. The molecular weight excluding hydrogens is 269 g/mol. The lowest BCUT2D eigenvalue weighted by Gasteiger charge is -2.20. The first-order valence-electron chi connectivity index (χ1n) is 6.92. The molecule has 0 aliphatic rings. The average molecular weight is 289 g/mol. The fraction of sp³-hybridized carbons (Fsp3) is 0.294. The van der Waals surface area contributed by atoms with Gasteiger partial charge in [0.2, 0.25) is 0 Å². The number of aliphatic hydroxyl groups is 1. The standard InChI is InChI=1S/C17H20FNO2/c1-19(11-14-5-3-2-4-6-14)12-16(20)13-21-17-9-7-15(18)8-10-17/h2-10,16,20H,11-13H2,1H3. The molecule has 1 unspecified atom stereocenters. The molecule has 0 heterocycles. The number of ether oxygens (including phenoxy) is 1. The third-order valence-corrected chi connectivity index (χ3v) is 3.07. The monoisotopic (exact) mass is 289 g/mol. The van der Waals surface area contributed by atoms with Crippen LogP contribution in [-0.4, -0.2) is 36.3 Å². The highest BCUT2D eigenvalue weighted by Gasteiger charge is 2.09. The SMILES string of the molecule is CN(Cc1ccccc1)CC(O)COc1ccc(F)cc1. The molecule has 0 aliphatic carbocycles. The van der Waals surface area contributed by atoms with Crippen LogP contribution in [0, 0.1) is 5.82 Å². The van der Waals surface area contributed by atoms with Crippen molar-refractivity contribution >= 4 is 0 Å². The topological polar surface area (TPSA) is 32.7 Å². The van der Waals surface area contributed by atoms with Crippen LogP contribution in [0.2, 0.25) is 0 Å². The van der Waals surface area contributed by atoms with Gasteiger partial charge < -0.3 is 9.84 Å². The summed E-state index contributed by atoms with van der Waals surface area (Å²) in [6, 6.07) is 15.9. The predicted octanol–water partition coefficient (Wildman–Crippen LogP) is 2.70. The number of halogens is 1. The number of aliphatic hydroxyl groups excluding tert-OH is 1. The maximum atomic E-state index is 12.8. The molecule has 0 saturated heterocycles. The van der Waals surface area contributed by atoms with Crippen molar-refractivity contribution in [3.8, 4) is 5.75 Å². The van der Waals surface area contributed by atoms with Crippen molar-refractivity contribution in [2.45, 2.75) is 12.6 Å². The van der Waals surface area contributed by atoms with E-state index in [4.69, 9.17) is 4.74 Å². The normalized spacial score (nSPS) is 12.4. The molecule has 0 amide bonds. The highest BCUT2D eigenvalue weighted by Crippen LogP contribution is 2.11. The first-order valence-corrected chi connectivity index (χ1v) is 6.92. The van der Waals surface area contributed by atoms with E-state index in [-0.39, 0.29) is 12.4 Å². The van der Waals surface area contributed by atoms with Gasteiger partial charge in [-0.2, -0.15) is 0 Å². The zero-order valence-corrected chi connectivity index (χ0v) is 12.1. The van der Waals surface area contributed by atoms with Gasteiger partial charge in [-0.15, -0.1) is 0 Å². The quantitative estimate of drug-likeness (QED) is 0.850. The molecule has 1 atom stereocenters. The van der Waals surface area contributed by atoms with Gasteiger partial charge in [0.25, 0.3) is 0 Å². The minimum Gasteiger partial charge on any atom is -0.491 e. The van der Waals surface area contributed by atoms with Crippen molar-refractivity contribution in [1.29, 1.82) is 0 Å². The second-order valence-corrected chi connectivity index (χ2v) is 5.10. The Balaban J connectivity index is 1.73. The largest absolute Gasteiger partial charge is 0.491 e. The van der Waals surface area contributed by atoms with Gasteiger partial charge in [0.15, 0.2) is 0 Å². The minimum absolute atomic E-state index is 0.185. The van der Waals surface area contributed by atoms with Crippen LogP contribution in [0.4, 0.5) is 4.39 Å². The highest BCUT2D eigenvalue weighted by atomic mass is 19.1. The second-order valence-electron chi connectivity index (χ2n) is 5.10. The molecule has 1 N–H and O–H groups in total. The Bertz CT molecular complexity index is 530. The van der Waals surface area contributed by atoms with E-state index < -0.39 is 6.10 Å². The van der Waals surface area contributed by atoms with Gasteiger partial charge in [0.1, 0.15) is 24.3 Å². The van der Waals surface area contributed by atoms with Crippen LogP contribution in [0.15, 0.2) is 54.6 Å². The summed E-state index contributed by atoms with van der Waals surface area (Å²) in [5, 5.41) is 9.97. The van der Waals surface area contributed by atoms with Crippen molar-refractivity contribution in [2.75, 3.05) is 20.2 Å². The van der Waals surface area contributed by atoms with Gasteiger partial charge in [-0.1, -0.05) is 30.3 Å². The van der Waals surface area contributed by atoms with Crippen molar-refractivity contribution in [3.05, 3.63) is 66.0 Å². The minimum atomic E-state index is -0.594. The van der Waals surface area contributed by atoms with Crippen molar-refractivity contribution in [1.82, 2.24) is 4.90 Å². The van der Waals surface area contributed by atoms with Crippen LogP contribution < -0.4 is 4.74 Å². The van der Waals surface area contributed by atoms with Crippen molar-refractivity contribution in [2.24, 2.45) is 0 Å². The second kappa shape index (κ2) is 7.76. The Hall–Kier alpha value is -1.91. The summed E-state index contributed by atoms with van der Waals surface area (Å²) in [6.07, 6.45) is -0.594. The maximum absolute atomic E-state index is 12.8. The summed E-state index contributed by atoms with van der Waals surface area (Å²) in [5.41, 5.74) is 1.20. The molecule has 0 saturated carbocycles.